The van der Waals surface area contributed by atoms with E-state index in [9.17, 15) is 9.90 Å². The number of ether oxygens (including phenoxy) is 1. The zero-order valence-corrected chi connectivity index (χ0v) is 6.57. The average Bonchev–Trinajstić information content (AvgIpc) is 2.06. The van der Waals surface area contributed by atoms with Crippen molar-refractivity contribution in [2.75, 3.05) is 7.11 Å². The van der Waals surface area contributed by atoms with Crippen molar-refractivity contribution >= 4 is 19.6 Å². The van der Waals surface area contributed by atoms with Crippen LogP contribution in [-0.4, -0.2) is 26.3 Å². The van der Waals surface area contributed by atoms with Crippen LogP contribution in [-0.2, 0) is 0 Å². The highest BCUT2D eigenvalue weighted by atomic mass is 16.5. The van der Waals surface area contributed by atoms with Gasteiger partial charge in [-0.05, 0) is 6.07 Å². The van der Waals surface area contributed by atoms with E-state index in [1.807, 2.05) is 0 Å². The third kappa shape index (κ3) is 1.28. The maximum atomic E-state index is 10.4. The highest BCUT2D eigenvalue weighted by molar-refractivity contribution is 6.35. The van der Waals surface area contributed by atoms with Crippen LogP contribution >= 0.6 is 0 Å². The smallest absolute Gasteiger partial charge is 0.167 e. The number of carbonyl (C=O) groups is 1. The molecule has 0 saturated carbocycles. The van der Waals surface area contributed by atoms with E-state index in [0.717, 1.165) is 0 Å². The van der Waals surface area contributed by atoms with Crippen LogP contribution in [0.1, 0.15) is 10.4 Å². The average molecular weight is 162 g/mol. The number of benzene rings is 1. The van der Waals surface area contributed by atoms with E-state index >= 15 is 0 Å². The minimum atomic E-state index is -0.215. The van der Waals surface area contributed by atoms with Crippen molar-refractivity contribution in [3.05, 3.63) is 17.7 Å². The molecule has 12 heavy (non-hydrogen) atoms. The Balaban J connectivity index is 3.33. The Bertz CT molecular complexity index is 309. The predicted molar refractivity (Wildman–Crippen MR) is 45.4 cm³/mol. The number of aromatic hydroxyl groups is 1. The fourth-order valence-corrected chi connectivity index (χ4v) is 0.892. The lowest BCUT2D eigenvalue weighted by atomic mass is 9.90. The van der Waals surface area contributed by atoms with E-state index in [2.05, 4.69) is 0 Å². The van der Waals surface area contributed by atoms with Gasteiger partial charge in [0.1, 0.15) is 7.85 Å². The van der Waals surface area contributed by atoms with Crippen LogP contribution in [0.15, 0.2) is 12.1 Å². The van der Waals surface area contributed by atoms with Crippen molar-refractivity contribution in [3.8, 4) is 11.5 Å². The van der Waals surface area contributed by atoms with Gasteiger partial charge in [0.2, 0.25) is 0 Å². The molecule has 0 bridgehead atoms. The third-order valence-electron chi connectivity index (χ3n) is 1.55. The predicted octanol–water partition coefficient (Wildman–Crippen LogP) is 0.00710. The lowest BCUT2D eigenvalue weighted by Gasteiger charge is -2.06. The van der Waals surface area contributed by atoms with Gasteiger partial charge in [0, 0.05) is 0 Å². The molecule has 3 nitrogen and oxygen atoms in total. The topological polar surface area (TPSA) is 46.5 Å². The molecule has 2 radical (unpaired) electrons. The molecule has 0 aliphatic rings. The summed E-state index contributed by atoms with van der Waals surface area (Å²) in [7, 11) is 6.81. The van der Waals surface area contributed by atoms with Gasteiger partial charge in [-0.3, -0.25) is 4.79 Å². The van der Waals surface area contributed by atoms with Gasteiger partial charge in [0.15, 0.2) is 17.8 Å². The minimum Gasteiger partial charge on any atom is -0.504 e. The first-order valence-corrected chi connectivity index (χ1v) is 3.31. The second-order valence-electron chi connectivity index (χ2n) is 2.24. The van der Waals surface area contributed by atoms with Gasteiger partial charge in [-0.2, -0.15) is 0 Å². The summed E-state index contributed by atoms with van der Waals surface area (Å²) in [5.41, 5.74) is 0.303. The van der Waals surface area contributed by atoms with E-state index in [0.29, 0.717) is 6.29 Å². The molecule has 1 aromatic rings. The molecule has 1 aromatic carbocycles. The first-order chi connectivity index (χ1) is 5.70. The van der Waals surface area contributed by atoms with Crippen LogP contribution in [0, 0.1) is 0 Å². The van der Waals surface area contributed by atoms with E-state index < -0.39 is 0 Å². The van der Waals surface area contributed by atoms with Crippen molar-refractivity contribution in [1.29, 1.82) is 0 Å². The third-order valence-corrected chi connectivity index (χ3v) is 1.55. The number of phenols is 1. The minimum absolute atomic E-state index is 0.0642. The van der Waals surface area contributed by atoms with Crippen LogP contribution in [0.25, 0.3) is 0 Å². The Kier molecular flexibility index (Phi) is 2.38. The van der Waals surface area contributed by atoms with Crippen LogP contribution in [0.2, 0.25) is 0 Å². The van der Waals surface area contributed by atoms with Crippen molar-refractivity contribution in [1.82, 2.24) is 0 Å². The Morgan fingerprint density at radius 2 is 2.25 bits per heavy atom. The van der Waals surface area contributed by atoms with Crippen LogP contribution in [0.5, 0.6) is 11.5 Å². The van der Waals surface area contributed by atoms with Gasteiger partial charge >= 0.3 is 0 Å². The first kappa shape index (κ1) is 8.65. The summed E-state index contributed by atoms with van der Waals surface area (Å²) in [6.45, 7) is 0. The lowest BCUT2D eigenvalue weighted by Crippen LogP contribution is -2.09. The largest absolute Gasteiger partial charge is 0.504 e. The molecule has 0 aromatic heterocycles. The summed E-state index contributed by atoms with van der Waals surface area (Å²) in [4.78, 5) is 10.4. The summed E-state index contributed by atoms with van der Waals surface area (Å²) >= 11 is 0. The zero-order chi connectivity index (χ0) is 9.14. The van der Waals surface area contributed by atoms with Crippen molar-refractivity contribution < 1.29 is 14.6 Å². The standard InChI is InChI=1S/C8H7BO3/c1-12-7-3-2-6(9)5(4-10)8(7)11/h2-4,11H,1H3. The van der Waals surface area contributed by atoms with E-state index in [-0.39, 0.29) is 22.5 Å². The highest BCUT2D eigenvalue weighted by Crippen LogP contribution is 2.26. The van der Waals surface area contributed by atoms with Crippen LogP contribution in [0.3, 0.4) is 0 Å². The number of methoxy groups -OCH3 is 1. The van der Waals surface area contributed by atoms with Crippen LogP contribution < -0.4 is 10.2 Å². The van der Waals surface area contributed by atoms with Crippen molar-refractivity contribution in [2.45, 2.75) is 0 Å². The Morgan fingerprint density at radius 3 is 2.75 bits per heavy atom. The Hall–Kier alpha value is -1.45. The maximum Gasteiger partial charge on any atom is 0.167 e. The second-order valence-corrected chi connectivity index (χ2v) is 2.24. The number of rotatable bonds is 2. The van der Waals surface area contributed by atoms with Gasteiger partial charge < -0.3 is 9.84 Å². The second kappa shape index (κ2) is 3.30. The molecule has 0 saturated heterocycles. The van der Waals surface area contributed by atoms with Crippen LogP contribution in [0.4, 0.5) is 0 Å². The molecule has 0 atom stereocenters. The first-order valence-electron chi connectivity index (χ1n) is 3.31. The van der Waals surface area contributed by atoms with Crippen molar-refractivity contribution in [2.24, 2.45) is 0 Å². The number of hydrogen-bond acceptors (Lipinski definition) is 3. The fourth-order valence-electron chi connectivity index (χ4n) is 0.892. The quantitative estimate of drug-likeness (QED) is 0.492. The number of hydrogen-bond donors (Lipinski definition) is 1. The maximum absolute atomic E-state index is 10.4. The Labute approximate surface area is 71.4 Å². The van der Waals surface area contributed by atoms with Crippen molar-refractivity contribution in [3.63, 3.8) is 0 Å². The molecule has 0 aliphatic carbocycles. The van der Waals surface area contributed by atoms with Gasteiger partial charge in [-0.1, -0.05) is 11.5 Å². The van der Waals surface area contributed by atoms with E-state index in [1.54, 1.807) is 0 Å². The fraction of sp³-hybridized carbons (Fsp3) is 0.125. The molecule has 0 heterocycles. The molecule has 0 fully saturated rings. The molecule has 1 rings (SSSR count). The normalized spacial score (nSPS) is 9.42. The molecule has 0 aliphatic heterocycles. The molecular weight excluding hydrogens is 155 g/mol. The SMILES string of the molecule is [B]c1ccc(OC)c(O)c1C=O. The molecular formula is C8H7BO3. The molecule has 0 amide bonds. The molecule has 0 spiro atoms. The Morgan fingerprint density at radius 1 is 1.58 bits per heavy atom. The summed E-state index contributed by atoms with van der Waals surface area (Å²) in [5.74, 6) is 0.0267. The summed E-state index contributed by atoms with van der Waals surface area (Å²) in [5, 5.41) is 9.33. The monoisotopic (exact) mass is 162 g/mol. The van der Waals surface area contributed by atoms with Gasteiger partial charge in [0.25, 0.3) is 0 Å². The van der Waals surface area contributed by atoms with Gasteiger partial charge in [-0.25, -0.2) is 0 Å². The van der Waals surface area contributed by atoms with Gasteiger partial charge in [0.05, 0.1) is 12.7 Å². The highest BCUT2D eigenvalue weighted by Gasteiger charge is 2.08. The molecule has 4 heteroatoms. The number of phenolic OH excluding ortho intramolecular Hbond substituents is 1. The molecule has 0 unspecified atom stereocenters. The number of carbonyl (C=O) groups excluding carboxylic acids is 1. The molecule has 1 N–H and O–H groups in total. The summed E-state index contributed by atoms with van der Waals surface area (Å²) < 4.78 is 4.78. The lowest BCUT2D eigenvalue weighted by molar-refractivity contribution is 0.112. The summed E-state index contributed by atoms with van der Waals surface area (Å²) in [6, 6.07) is 3.00. The summed E-state index contributed by atoms with van der Waals surface area (Å²) in [6.07, 6.45) is 0.493. The van der Waals surface area contributed by atoms with E-state index in [1.165, 1.54) is 19.2 Å². The van der Waals surface area contributed by atoms with E-state index in [4.69, 9.17) is 12.6 Å². The molecule has 60 valence electrons. The number of aldehydes is 1. The zero-order valence-electron chi connectivity index (χ0n) is 6.57. The van der Waals surface area contributed by atoms with Gasteiger partial charge in [-0.15, -0.1) is 0 Å².